The molecule has 1 heterocycles. The number of amides is 2. The van der Waals surface area contributed by atoms with Crippen LogP contribution >= 0.6 is 0 Å². The molecule has 0 bridgehead atoms. The lowest BCUT2D eigenvalue weighted by Gasteiger charge is -2.32. The van der Waals surface area contributed by atoms with Gasteiger partial charge in [0, 0.05) is 13.1 Å². The summed E-state index contributed by atoms with van der Waals surface area (Å²) >= 11 is 0. The van der Waals surface area contributed by atoms with E-state index in [2.05, 4.69) is 5.32 Å². The van der Waals surface area contributed by atoms with E-state index in [1.807, 2.05) is 13.8 Å². The minimum atomic E-state index is -0.620. The zero-order chi connectivity index (χ0) is 16.1. The van der Waals surface area contributed by atoms with E-state index in [1.54, 1.807) is 11.0 Å². The third kappa shape index (κ3) is 3.84. The van der Waals surface area contributed by atoms with Crippen LogP contribution in [0.3, 0.4) is 0 Å². The van der Waals surface area contributed by atoms with E-state index < -0.39 is 17.8 Å². The first-order valence-corrected chi connectivity index (χ1v) is 7.85. The number of piperidine rings is 1. The molecule has 0 saturated carbocycles. The molecule has 1 fully saturated rings. The Morgan fingerprint density at radius 2 is 1.77 bits per heavy atom. The number of hydrogen-bond acceptors (Lipinski definition) is 2. The number of benzene rings is 1. The van der Waals surface area contributed by atoms with Gasteiger partial charge in [-0.15, -0.1) is 0 Å². The van der Waals surface area contributed by atoms with Crippen molar-refractivity contribution in [1.82, 2.24) is 10.2 Å². The number of carbonyl (C=O) groups excluding carboxylic acids is 2. The molecule has 0 radical (unpaired) electrons. The fourth-order valence-corrected chi connectivity index (χ4v) is 2.69. The minimum absolute atomic E-state index is 0.0282. The van der Waals surface area contributed by atoms with Crippen LogP contribution in [0, 0.1) is 11.7 Å². The van der Waals surface area contributed by atoms with Crippen LogP contribution in [-0.2, 0) is 4.79 Å². The monoisotopic (exact) mass is 306 g/mol. The van der Waals surface area contributed by atoms with Gasteiger partial charge in [-0.1, -0.05) is 26.0 Å². The highest BCUT2D eigenvalue weighted by molar-refractivity contribution is 5.97. The summed E-state index contributed by atoms with van der Waals surface area (Å²) in [7, 11) is 0. The van der Waals surface area contributed by atoms with Crippen molar-refractivity contribution >= 4 is 11.8 Å². The third-order valence-electron chi connectivity index (χ3n) is 4.01. The maximum absolute atomic E-state index is 13.7. The van der Waals surface area contributed by atoms with Crippen LogP contribution in [0.5, 0.6) is 0 Å². The molecule has 2 amide bonds. The van der Waals surface area contributed by atoms with Crippen molar-refractivity contribution < 1.29 is 14.0 Å². The molecule has 1 aromatic carbocycles. The molecule has 0 unspecified atom stereocenters. The van der Waals surface area contributed by atoms with Gasteiger partial charge in [0.25, 0.3) is 5.91 Å². The maximum Gasteiger partial charge on any atom is 0.254 e. The first kappa shape index (κ1) is 16.5. The summed E-state index contributed by atoms with van der Waals surface area (Å²) in [6.07, 6.45) is 3.13. The van der Waals surface area contributed by atoms with E-state index in [9.17, 15) is 14.0 Å². The number of nitrogens with zero attached hydrogens (tertiary/aromatic N) is 1. The van der Waals surface area contributed by atoms with Gasteiger partial charge in [-0.2, -0.15) is 0 Å². The van der Waals surface area contributed by atoms with Gasteiger partial charge in [-0.05, 0) is 37.3 Å². The van der Waals surface area contributed by atoms with Gasteiger partial charge in [0.1, 0.15) is 11.9 Å². The van der Waals surface area contributed by atoms with Gasteiger partial charge in [0.15, 0.2) is 0 Å². The predicted octanol–water partition coefficient (Wildman–Crippen LogP) is 2.59. The molecule has 1 atom stereocenters. The molecule has 0 spiro atoms. The molecular weight excluding hydrogens is 283 g/mol. The summed E-state index contributed by atoms with van der Waals surface area (Å²) < 4.78 is 13.7. The smallest absolute Gasteiger partial charge is 0.254 e. The van der Waals surface area contributed by atoms with Crippen LogP contribution in [0.25, 0.3) is 0 Å². The largest absolute Gasteiger partial charge is 0.341 e. The second-order valence-corrected chi connectivity index (χ2v) is 6.06. The van der Waals surface area contributed by atoms with Gasteiger partial charge in [-0.3, -0.25) is 9.59 Å². The van der Waals surface area contributed by atoms with E-state index in [0.29, 0.717) is 0 Å². The van der Waals surface area contributed by atoms with Crippen LogP contribution in [0.4, 0.5) is 4.39 Å². The van der Waals surface area contributed by atoms with Crippen LogP contribution in [0.1, 0.15) is 43.5 Å². The summed E-state index contributed by atoms with van der Waals surface area (Å²) in [6, 6.07) is 5.18. The summed E-state index contributed by atoms with van der Waals surface area (Å²) in [4.78, 5) is 26.7. The summed E-state index contributed by atoms with van der Waals surface area (Å²) in [6.45, 7) is 5.23. The average Bonchev–Trinajstić information content (AvgIpc) is 2.52. The lowest BCUT2D eigenvalue weighted by Crippen LogP contribution is -2.52. The van der Waals surface area contributed by atoms with Crippen molar-refractivity contribution in [3.05, 3.63) is 35.6 Å². The molecule has 1 N–H and O–H groups in total. The van der Waals surface area contributed by atoms with Crippen molar-refractivity contribution in [2.75, 3.05) is 13.1 Å². The zero-order valence-corrected chi connectivity index (χ0v) is 13.1. The molecule has 120 valence electrons. The normalized spacial score (nSPS) is 16.5. The molecule has 1 aliphatic heterocycles. The van der Waals surface area contributed by atoms with Crippen LogP contribution in [0.15, 0.2) is 24.3 Å². The molecule has 1 aliphatic rings. The molecule has 0 aliphatic carbocycles. The Balaban J connectivity index is 2.10. The highest BCUT2D eigenvalue weighted by Crippen LogP contribution is 2.14. The lowest BCUT2D eigenvalue weighted by atomic mass is 10.0. The van der Waals surface area contributed by atoms with Crippen LogP contribution in [-0.4, -0.2) is 35.8 Å². The number of halogens is 1. The predicted molar refractivity (Wildman–Crippen MR) is 82.9 cm³/mol. The van der Waals surface area contributed by atoms with Crippen LogP contribution in [0.2, 0.25) is 0 Å². The molecule has 5 heteroatoms. The van der Waals surface area contributed by atoms with Crippen molar-refractivity contribution in [3.8, 4) is 0 Å². The Labute approximate surface area is 130 Å². The Kier molecular flexibility index (Phi) is 5.52. The minimum Gasteiger partial charge on any atom is -0.341 e. The first-order chi connectivity index (χ1) is 10.5. The molecule has 1 saturated heterocycles. The van der Waals surface area contributed by atoms with E-state index in [-0.39, 0.29) is 17.4 Å². The quantitative estimate of drug-likeness (QED) is 0.929. The molecule has 1 aromatic rings. The topological polar surface area (TPSA) is 49.4 Å². The lowest BCUT2D eigenvalue weighted by molar-refractivity contribution is -0.135. The fraction of sp³-hybridized carbons (Fsp3) is 0.529. The van der Waals surface area contributed by atoms with Crippen molar-refractivity contribution in [1.29, 1.82) is 0 Å². The Bertz CT molecular complexity index is 539. The zero-order valence-electron chi connectivity index (χ0n) is 13.1. The maximum atomic E-state index is 13.7. The van der Waals surface area contributed by atoms with Crippen molar-refractivity contribution in [2.24, 2.45) is 5.92 Å². The Morgan fingerprint density at radius 1 is 1.14 bits per heavy atom. The van der Waals surface area contributed by atoms with E-state index in [0.717, 1.165) is 32.4 Å². The number of rotatable bonds is 4. The van der Waals surface area contributed by atoms with Gasteiger partial charge >= 0.3 is 0 Å². The second-order valence-electron chi connectivity index (χ2n) is 6.06. The highest BCUT2D eigenvalue weighted by atomic mass is 19.1. The van der Waals surface area contributed by atoms with E-state index in [1.165, 1.54) is 18.2 Å². The van der Waals surface area contributed by atoms with Crippen LogP contribution < -0.4 is 5.32 Å². The summed E-state index contributed by atoms with van der Waals surface area (Å²) in [5.41, 5.74) is -0.0282. The number of carbonyl (C=O) groups is 2. The number of nitrogens with one attached hydrogen (secondary N) is 1. The number of hydrogen-bond donors (Lipinski definition) is 1. The highest BCUT2D eigenvalue weighted by Gasteiger charge is 2.30. The molecular formula is C17H23FN2O2. The Hall–Kier alpha value is -1.91. The SMILES string of the molecule is CC(C)[C@H](NC(=O)c1ccccc1F)C(=O)N1CCCCC1. The molecule has 4 nitrogen and oxygen atoms in total. The van der Waals surface area contributed by atoms with Gasteiger partial charge in [-0.25, -0.2) is 4.39 Å². The van der Waals surface area contributed by atoms with Gasteiger partial charge < -0.3 is 10.2 Å². The van der Waals surface area contributed by atoms with Gasteiger partial charge in [0.2, 0.25) is 5.91 Å². The summed E-state index contributed by atoms with van der Waals surface area (Å²) in [5.74, 6) is -1.24. The fourth-order valence-electron chi connectivity index (χ4n) is 2.69. The average molecular weight is 306 g/mol. The van der Waals surface area contributed by atoms with E-state index in [4.69, 9.17) is 0 Å². The van der Waals surface area contributed by atoms with E-state index >= 15 is 0 Å². The van der Waals surface area contributed by atoms with Crippen molar-refractivity contribution in [2.45, 2.75) is 39.2 Å². The standard InChI is InChI=1S/C17H23FN2O2/c1-12(2)15(17(22)20-10-6-3-7-11-20)19-16(21)13-8-4-5-9-14(13)18/h4-5,8-9,12,15H,3,6-7,10-11H2,1-2H3,(H,19,21)/t15-/m0/s1. The Morgan fingerprint density at radius 3 is 2.36 bits per heavy atom. The van der Waals surface area contributed by atoms with Gasteiger partial charge in [0.05, 0.1) is 5.56 Å². The van der Waals surface area contributed by atoms with Crippen molar-refractivity contribution in [3.63, 3.8) is 0 Å². The summed E-state index contributed by atoms with van der Waals surface area (Å²) in [5, 5.41) is 2.70. The third-order valence-corrected chi connectivity index (χ3v) is 4.01. The molecule has 0 aromatic heterocycles. The first-order valence-electron chi connectivity index (χ1n) is 7.85. The molecule has 22 heavy (non-hydrogen) atoms. The molecule has 2 rings (SSSR count). The second kappa shape index (κ2) is 7.38. The number of likely N-dealkylation sites (tertiary alicyclic amines) is 1.